The first-order chi connectivity index (χ1) is 12.3. The predicted octanol–water partition coefficient (Wildman–Crippen LogP) is 3.93. The zero-order valence-electron chi connectivity index (χ0n) is 13.8. The molecule has 0 atom stereocenters. The molecule has 0 amide bonds. The van der Waals surface area contributed by atoms with E-state index in [-0.39, 0.29) is 0 Å². The highest BCUT2D eigenvalue weighted by Gasteiger charge is 2.15. The Kier molecular flexibility index (Phi) is 4.07. The molecular weight excluding hydrogens is 336 g/mol. The molecule has 0 fully saturated rings. The van der Waals surface area contributed by atoms with Crippen molar-refractivity contribution < 1.29 is 9.47 Å². The first kappa shape index (κ1) is 15.6. The van der Waals surface area contributed by atoms with Gasteiger partial charge in [0, 0.05) is 11.1 Å². The molecule has 0 N–H and O–H groups in total. The summed E-state index contributed by atoms with van der Waals surface area (Å²) in [5.74, 6) is 2.33. The van der Waals surface area contributed by atoms with Crippen molar-refractivity contribution >= 4 is 16.3 Å². The van der Waals surface area contributed by atoms with Crippen molar-refractivity contribution in [3.63, 3.8) is 0 Å². The maximum atomic E-state index is 5.57. The Morgan fingerprint density at radius 1 is 1.00 bits per heavy atom. The van der Waals surface area contributed by atoms with Gasteiger partial charge in [0.15, 0.2) is 5.82 Å². The fourth-order valence-corrected chi connectivity index (χ4v) is 3.38. The number of nitrogens with zero attached hydrogens (tertiary/aromatic N) is 4. The number of aromatic nitrogens is 4. The van der Waals surface area contributed by atoms with Crippen molar-refractivity contribution in [1.82, 2.24) is 19.8 Å². The maximum absolute atomic E-state index is 5.57. The van der Waals surface area contributed by atoms with Crippen molar-refractivity contribution in [3.8, 4) is 33.5 Å². The molecule has 0 aliphatic carbocycles. The second-order valence-electron chi connectivity index (χ2n) is 5.31. The molecule has 2 aromatic heterocycles. The Morgan fingerprint density at radius 2 is 1.84 bits per heavy atom. The number of fused-ring (bicyclic) bond motifs is 1. The van der Waals surface area contributed by atoms with Crippen LogP contribution in [-0.4, -0.2) is 33.5 Å². The molecule has 0 spiro atoms. The molecule has 0 saturated carbocycles. The molecule has 0 radical (unpaired) electrons. The monoisotopic (exact) mass is 352 g/mol. The summed E-state index contributed by atoms with van der Waals surface area (Å²) in [6.45, 7) is 2.58. The summed E-state index contributed by atoms with van der Waals surface area (Å²) in [4.78, 5) is 0.752. The maximum Gasteiger partial charge on any atom is 0.235 e. The van der Waals surface area contributed by atoms with Gasteiger partial charge in [-0.3, -0.25) is 0 Å². The van der Waals surface area contributed by atoms with Gasteiger partial charge in [-0.15, -0.1) is 10.2 Å². The molecular formula is C18H16N4O2S. The summed E-state index contributed by atoms with van der Waals surface area (Å²) in [6, 6.07) is 15.6. The Balaban J connectivity index is 1.74. The Morgan fingerprint density at radius 3 is 2.60 bits per heavy atom. The van der Waals surface area contributed by atoms with E-state index in [4.69, 9.17) is 9.47 Å². The van der Waals surface area contributed by atoms with Gasteiger partial charge < -0.3 is 9.47 Å². The molecule has 4 rings (SSSR count). The third kappa shape index (κ3) is 2.94. The van der Waals surface area contributed by atoms with E-state index in [1.807, 2.05) is 55.5 Å². The number of rotatable bonds is 5. The molecule has 4 aromatic rings. The van der Waals surface area contributed by atoms with E-state index in [2.05, 4.69) is 15.3 Å². The lowest BCUT2D eigenvalue weighted by Gasteiger charge is -2.04. The molecule has 6 nitrogen and oxygen atoms in total. The number of methoxy groups -OCH3 is 1. The number of hydrogen-bond acceptors (Lipinski definition) is 6. The van der Waals surface area contributed by atoms with E-state index < -0.39 is 0 Å². The van der Waals surface area contributed by atoms with Crippen molar-refractivity contribution in [2.45, 2.75) is 6.92 Å². The van der Waals surface area contributed by atoms with Crippen LogP contribution in [-0.2, 0) is 0 Å². The molecule has 126 valence electrons. The first-order valence-corrected chi connectivity index (χ1v) is 8.70. The van der Waals surface area contributed by atoms with E-state index >= 15 is 0 Å². The number of ether oxygens (including phenoxy) is 2. The summed E-state index contributed by atoms with van der Waals surface area (Å²) in [5.41, 5.74) is 1.94. The average Bonchev–Trinajstić information content (AvgIpc) is 3.23. The molecule has 25 heavy (non-hydrogen) atoms. The minimum Gasteiger partial charge on any atom is -0.497 e. The smallest absolute Gasteiger partial charge is 0.235 e. The molecule has 7 heteroatoms. The van der Waals surface area contributed by atoms with Gasteiger partial charge in [-0.25, -0.2) is 0 Å². The Labute approximate surface area is 148 Å². The standard InChI is InChI=1S/C18H16N4O2S/c1-3-24-15-6-4-5-13(11-15)16-19-20-18-22(16)21-17(25-18)12-7-9-14(23-2)10-8-12/h4-11H,3H2,1-2H3. The summed E-state index contributed by atoms with van der Waals surface area (Å²) in [6.07, 6.45) is 0. The van der Waals surface area contributed by atoms with Crippen molar-refractivity contribution in [1.29, 1.82) is 0 Å². The van der Waals surface area contributed by atoms with Crippen molar-refractivity contribution in [2.75, 3.05) is 13.7 Å². The molecule has 0 bridgehead atoms. The lowest BCUT2D eigenvalue weighted by molar-refractivity contribution is 0.340. The van der Waals surface area contributed by atoms with Crippen LogP contribution in [0.3, 0.4) is 0 Å². The van der Waals surface area contributed by atoms with Gasteiger partial charge in [0.05, 0.1) is 13.7 Å². The minimum absolute atomic E-state index is 0.622. The van der Waals surface area contributed by atoms with Crippen molar-refractivity contribution in [3.05, 3.63) is 48.5 Å². The third-order valence-electron chi connectivity index (χ3n) is 3.73. The SMILES string of the molecule is CCOc1cccc(-c2nnc3sc(-c4ccc(OC)cc4)nn23)c1. The van der Waals surface area contributed by atoms with Crippen LogP contribution in [0.25, 0.3) is 26.9 Å². The Hall–Kier alpha value is -2.93. The molecule has 0 aliphatic heterocycles. The van der Waals surface area contributed by atoms with Gasteiger partial charge in [-0.1, -0.05) is 23.5 Å². The predicted molar refractivity (Wildman–Crippen MR) is 97.3 cm³/mol. The molecule has 0 unspecified atom stereocenters. The minimum atomic E-state index is 0.622. The van der Waals surface area contributed by atoms with E-state index in [0.29, 0.717) is 12.4 Å². The zero-order chi connectivity index (χ0) is 17.2. The van der Waals surface area contributed by atoms with Gasteiger partial charge >= 0.3 is 0 Å². The van der Waals surface area contributed by atoms with Crippen LogP contribution in [0.15, 0.2) is 48.5 Å². The zero-order valence-corrected chi connectivity index (χ0v) is 14.7. The van der Waals surface area contributed by atoms with Crippen LogP contribution in [0.2, 0.25) is 0 Å². The number of benzene rings is 2. The number of hydrogen-bond donors (Lipinski definition) is 0. The first-order valence-electron chi connectivity index (χ1n) is 7.88. The van der Waals surface area contributed by atoms with Crippen LogP contribution >= 0.6 is 11.3 Å². The van der Waals surface area contributed by atoms with Crippen LogP contribution in [0.5, 0.6) is 11.5 Å². The average molecular weight is 352 g/mol. The summed E-state index contributed by atoms with van der Waals surface area (Å²) in [5, 5.41) is 14.1. The van der Waals surface area contributed by atoms with E-state index in [1.54, 1.807) is 11.6 Å². The molecule has 0 saturated heterocycles. The second kappa shape index (κ2) is 6.52. The van der Waals surface area contributed by atoms with Crippen molar-refractivity contribution in [2.24, 2.45) is 0 Å². The summed E-state index contributed by atoms with van der Waals surface area (Å²) < 4.78 is 12.5. The van der Waals surface area contributed by atoms with Gasteiger partial charge in [-0.2, -0.15) is 9.61 Å². The van der Waals surface area contributed by atoms with E-state index in [1.165, 1.54) is 11.3 Å². The topological polar surface area (TPSA) is 61.5 Å². The summed E-state index contributed by atoms with van der Waals surface area (Å²) >= 11 is 1.50. The van der Waals surface area contributed by atoms with Gasteiger partial charge in [0.1, 0.15) is 16.5 Å². The largest absolute Gasteiger partial charge is 0.497 e. The highest BCUT2D eigenvalue weighted by atomic mass is 32.1. The molecule has 0 aliphatic rings. The highest BCUT2D eigenvalue weighted by Crippen LogP contribution is 2.30. The second-order valence-corrected chi connectivity index (χ2v) is 6.27. The van der Waals surface area contributed by atoms with Gasteiger partial charge in [0.2, 0.25) is 4.96 Å². The Bertz CT molecular complexity index is 1010. The fourth-order valence-electron chi connectivity index (χ4n) is 2.54. The lowest BCUT2D eigenvalue weighted by Crippen LogP contribution is -1.94. The quantitative estimate of drug-likeness (QED) is 0.545. The van der Waals surface area contributed by atoms with E-state index in [9.17, 15) is 0 Å². The highest BCUT2D eigenvalue weighted by molar-refractivity contribution is 7.19. The normalized spacial score (nSPS) is 11.0. The molecule has 2 aromatic carbocycles. The lowest BCUT2D eigenvalue weighted by atomic mass is 10.2. The van der Waals surface area contributed by atoms with Gasteiger partial charge in [0.25, 0.3) is 0 Å². The van der Waals surface area contributed by atoms with E-state index in [0.717, 1.165) is 32.6 Å². The summed E-state index contributed by atoms with van der Waals surface area (Å²) in [7, 11) is 1.65. The molecule has 2 heterocycles. The van der Waals surface area contributed by atoms with Gasteiger partial charge in [-0.05, 0) is 43.3 Å². The van der Waals surface area contributed by atoms with Crippen LogP contribution in [0.1, 0.15) is 6.92 Å². The van der Waals surface area contributed by atoms with Crippen LogP contribution in [0, 0.1) is 0 Å². The fraction of sp³-hybridized carbons (Fsp3) is 0.167. The third-order valence-corrected chi connectivity index (χ3v) is 4.68. The van der Waals surface area contributed by atoms with Crippen LogP contribution in [0.4, 0.5) is 0 Å². The van der Waals surface area contributed by atoms with Crippen LogP contribution < -0.4 is 9.47 Å².